The van der Waals surface area contributed by atoms with Crippen LogP contribution < -0.4 is 10.6 Å². The number of hydrogen-bond donors (Lipinski definition) is 2. The van der Waals surface area contributed by atoms with Gasteiger partial charge in [0.1, 0.15) is 0 Å². The van der Waals surface area contributed by atoms with Crippen molar-refractivity contribution in [3.8, 4) is 0 Å². The van der Waals surface area contributed by atoms with Gasteiger partial charge in [-0.3, -0.25) is 4.79 Å². The number of anilines is 1. The van der Waals surface area contributed by atoms with Crippen molar-refractivity contribution in [1.82, 2.24) is 5.32 Å². The Bertz CT molecular complexity index is 1090. The molecule has 144 valence electrons. The summed E-state index contributed by atoms with van der Waals surface area (Å²) in [4.78, 5) is 12.7. The molecule has 2 N–H and O–H groups in total. The minimum Gasteiger partial charge on any atom is -0.384 e. The number of carbonyl (C=O) groups excluding carboxylic acids is 1. The number of hydrogen-bond acceptors (Lipinski definition) is 2. The van der Waals surface area contributed by atoms with E-state index in [-0.39, 0.29) is 5.91 Å². The first-order valence-electron chi connectivity index (χ1n) is 9.59. The van der Waals surface area contributed by atoms with E-state index in [9.17, 15) is 4.79 Å². The van der Waals surface area contributed by atoms with E-state index in [0.29, 0.717) is 10.6 Å². The number of halogens is 1. The van der Waals surface area contributed by atoms with Crippen molar-refractivity contribution in [1.29, 1.82) is 0 Å². The van der Waals surface area contributed by atoms with Crippen LogP contribution in [0.15, 0.2) is 78.9 Å². The molecule has 1 aliphatic heterocycles. The van der Waals surface area contributed by atoms with Gasteiger partial charge in [0.2, 0.25) is 0 Å². The molecule has 0 fully saturated rings. The van der Waals surface area contributed by atoms with Crippen LogP contribution in [-0.4, -0.2) is 12.5 Å². The van der Waals surface area contributed by atoms with Gasteiger partial charge in [-0.15, -0.1) is 0 Å². The van der Waals surface area contributed by atoms with Crippen molar-refractivity contribution in [3.63, 3.8) is 0 Å². The topological polar surface area (TPSA) is 41.1 Å². The molecule has 0 aromatic heterocycles. The normalized spacial score (nSPS) is 13.2. The highest BCUT2D eigenvalue weighted by molar-refractivity contribution is 6.32. The fraction of sp³-hybridized carbons (Fsp3) is 0.0800. The Hall–Kier alpha value is -3.30. The molecule has 4 heteroatoms. The predicted octanol–water partition coefficient (Wildman–Crippen LogP) is 6.10. The molecule has 29 heavy (non-hydrogen) atoms. The lowest BCUT2D eigenvalue weighted by atomic mass is 10.0. The average Bonchev–Trinajstić information content (AvgIpc) is 3.28. The Balaban J connectivity index is 1.71. The van der Waals surface area contributed by atoms with Crippen LogP contribution in [0.4, 0.5) is 5.69 Å². The van der Waals surface area contributed by atoms with Gasteiger partial charge in [0.15, 0.2) is 0 Å². The summed E-state index contributed by atoms with van der Waals surface area (Å²) in [6.07, 6.45) is 7.17. The monoisotopic (exact) mass is 400 g/mol. The van der Waals surface area contributed by atoms with Crippen LogP contribution >= 0.6 is 11.6 Å². The average molecular weight is 401 g/mol. The van der Waals surface area contributed by atoms with Crippen LogP contribution in [-0.2, 0) is 0 Å². The molecular formula is C25H21ClN2O. The number of benzene rings is 3. The van der Waals surface area contributed by atoms with Crippen LogP contribution in [0.2, 0.25) is 5.02 Å². The zero-order valence-corrected chi connectivity index (χ0v) is 16.6. The third-order valence-electron chi connectivity index (χ3n) is 4.81. The molecule has 1 aliphatic rings. The SMILES string of the molecule is O=C(Nc1cccc(/C=C/c2ccccc2Cl)c1C1=CCCN1)c1ccccc1. The van der Waals surface area contributed by atoms with Crippen molar-refractivity contribution >= 4 is 41.0 Å². The molecule has 0 aliphatic carbocycles. The standard InChI is InChI=1S/C25H21ClN2O/c26-21-12-5-4-8-18(21)15-16-19-11-6-13-23(24(19)22-14-7-17-27-22)28-25(29)20-9-2-1-3-10-20/h1-6,8-16,27H,7,17H2,(H,28,29)/b16-15+. The van der Waals surface area contributed by atoms with Crippen molar-refractivity contribution in [2.45, 2.75) is 6.42 Å². The van der Waals surface area contributed by atoms with Gasteiger partial charge in [-0.25, -0.2) is 0 Å². The molecule has 1 heterocycles. The lowest BCUT2D eigenvalue weighted by Gasteiger charge is -2.16. The summed E-state index contributed by atoms with van der Waals surface area (Å²) in [5, 5.41) is 7.21. The maximum absolute atomic E-state index is 12.7. The zero-order chi connectivity index (χ0) is 20.1. The van der Waals surface area contributed by atoms with E-state index in [0.717, 1.165) is 41.0 Å². The highest BCUT2D eigenvalue weighted by atomic mass is 35.5. The van der Waals surface area contributed by atoms with Gasteiger partial charge in [-0.1, -0.05) is 78.4 Å². The molecule has 3 aromatic carbocycles. The van der Waals surface area contributed by atoms with Gasteiger partial charge in [-0.05, 0) is 41.8 Å². The van der Waals surface area contributed by atoms with E-state index in [1.165, 1.54) is 0 Å². The molecule has 3 nitrogen and oxygen atoms in total. The Kier molecular flexibility index (Phi) is 5.78. The molecule has 0 bridgehead atoms. The fourth-order valence-corrected chi connectivity index (χ4v) is 3.57. The Morgan fingerprint density at radius 1 is 0.897 bits per heavy atom. The first kappa shape index (κ1) is 19.0. The van der Waals surface area contributed by atoms with Crippen LogP contribution in [0.3, 0.4) is 0 Å². The molecule has 0 spiro atoms. The highest BCUT2D eigenvalue weighted by Gasteiger charge is 2.16. The van der Waals surface area contributed by atoms with Crippen LogP contribution in [0, 0.1) is 0 Å². The number of amides is 1. The van der Waals surface area contributed by atoms with Crippen LogP contribution in [0.5, 0.6) is 0 Å². The quantitative estimate of drug-likeness (QED) is 0.508. The van der Waals surface area contributed by atoms with Gasteiger partial charge < -0.3 is 10.6 Å². The number of rotatable bonds is 5. The summed E-state index contributed by atoms with van der Waals surface area (Å²) >= 11 is 6.29. The second-order valence-electron chi connectivity index (χ2n) is 6.78. The minimum absolute atomic E-state index is 0.127. The smallest absolute Gasteiger partial charge is 0.255 e. The van der Waals surface area contributed by atoms with Crippen molar-refractivity contribution in [2.24, 2.45) is 0 Å². The summed E-state index contributed by atoms with van der Waals surface area (Å²) < 4.78 is 0. The van der Waals surface area contributed by atoms with Gasteiger partial charge in [-0.2, -0.15) is 0 Å². The highest BCUT2D eigenvalue weighted by Crippen LogP contribution is 2.31. The third kappa shape index (κ3) is 4.41. The minimum atomic E-state index is -0.127. The zero-order valence-electron chi connectivity index (χ0n) is 15.9. The molecule has 0 saturated heterocycles. The van der Waals surface area contributed by atoms with Crippen molar-refractivity contribution in [2.75, 3.05) is 11.9 Å². The van der Waals surface area contributed by atoms with Crippen LogP contribution in [0.1, 0.15) is 33.5 Å². The van der Waals surface area contributed by atoms with Gasteiger partial charge >= 0.3 is 0 Å². The van der Waals surface area contributed by atoms with Crippen LogP contribution in [0.25, 0.3) is 17.8 Å². The maximum atomic E-state index is 12.7. The summed E-state index contributed by atoms with van der Waals surface area (Å²) in [7, 11) is 0. The Morgan fingerprint density at radius 3 is 2.38 bits per heavy atom. The second kappa shape index (κ2) is 8.80. The molecular weight excluding hydrogens is 380 g/mol. The van der Waals surface area contributed by atoms with Crippen molar-refractivity contribution in [3.05, 3.63) is 106 Å². The lowest BCUT2D eigenvalue weighted by Crippen LogP contribution is -2.15. The maximum Gasteiger partial charge on any atom is 0.255 e. The van der Waals surface area contributed by atoms with Gasteiger partial charge in [0, 0.05) is 28.4 Å². The molecule has 4 rings (SSSR count). The molecule has 0 unspecified atom stereocenters. The molecule has 1 amide bonds. The first-order chi connectivity index (χ1) is 14.2. The fourth-order valence-electron chi connectivity index (χ4n) is 3.37. The largest absolute Gasteiger partial charge is 0.384 e. The number of nitrogens with one attached hydrogen (secondary N) is 2. The Labute approximate surface area is 175 Å². The van der Waals surface area contributed by atoms with E-state index < -0.39 is 0 Å². The second-order valence-corrected chi connectivity index (χ2v) is 7.19. The van der Waals surface area contributed by atoms with E-state index in [4.69, 9.17) is 11.6 Å². The molecule has 0 radical (unpaired) electrons. The van der Waals surface area contributed by atoms with Gasteiger partial charge in [0.05, 0.1) is 5.69 Å². The molecule has 0 atom stereocenters. The molecule has 3 aromatic rings. The summed E-state index contributed by atoms with van der Waals surface area (Å²) in [5.74, 6) is -0.127. The van der Waals surface area contributed by atoms with E-state index in [1.54, 1.807) is 0 Å². The van der Waals surface area contributed by atoms with E-state index >= 15 is 0 Å². The predicted molar refractivity (Wildman–Crippen MR) is 122 cm³/mol. The summed E-state index contributed by atoms with van der Waals surface area (Å²) in [6.45, 7) is 0.893. The third-order valence-corrected chi connectivity index (χ3v) is 5.15. The summed E-state index contributed by atoms with van der Waals surface area (Å²) in [6, 6.07) is 22.9. The Morgan fingerprint density at radius 2 is 1.62 bits per heavy atom. The lowest BCUT2D eigenvalue weighted by molar-refractivity contribution is 0.102. The van der Waals surface area contributed by atoms with Gasteiger partial charge in [0.25, 0.3) is 5.91 Å². The first-order valence-corrected chi connectivity index (χ1v) is 9.96. The van der Waals surface area contributed by atoms with Crippen molar-refractivity contribution < 1.29 is 4.79 Å². The van der Waals surface area contributed by atoms with E-state index in [2.05, 4.69) is 16.7 Å². The molecule has 0 saturated carbocycles. The summed E-state index contributed by atoms with van der Waals surface area (Å²) in [5.41, 5.74) is 5.39. The number of carbonyl (C=O) groups is 1. The van der Waals surface area contributed by atoms with E-state index in [1.807, 2.05) is 84.9 Å².